The topological polar surface area (TPSA) is 12.0 Å². The maximum atomic E-state index is 3.25. The number of nitrogens with one attached hydrogen (secondary N) is 1. The summed E-state index contributed by atoms with van der Waals surface area (Å²) in [5.74, 6) is 0. The Bertz CT molecular complexity index is 371. The van der Waals surface area contributed by atoms with Gasteiger partial charge in [-0.15, -0.1) is 0 Å². The van der Waals surface area contributed by atoms with Gasteiger partial charge in [-0.3, -0.25) is 0 Å². The van der Waals surface area contributed by atoms with E-state index in [2.05, 4.69) is 41.7 Å². The molecule has 1 aromatic carbocycles. The molecule has 0 atom stereocenters. The Hall–Kier alpha value is -1.76. The molecule has 1 aliphatic rings. The number of allylic oxidation sites excluding steroid dienone is 5. The minimum atomic E-state index is 0.954. The minimum absolute atomic E-state index is 0.954. The van der Waals surface area contributed by atoms with Crippen molar-refractivity contribution in [3.63, 3.8) is 0 Å². The van der Waals surface area contributed by atoms with E-state index in [0.29, 0.717) is 0 Å². The Balaban J connectivity index is 2.08. The van der Waals surface area contributed by atoms with Crippen molar-refractivity contribution >= 4 is 0 Å². The van der Waals surface area contributed by atoms with Crippen molar-refractivity contribution in [2.45, 2.75) is 6.42 Å². The van der Waals surface area contributed by atoms with Crippen molar-refractivity contribution in [3.8, 4) is 0 Å². The van der Waals surface area contributed by atoms with Gasteiger partial charge in [0.2, 0.25) is 0 Å². The summed E-state index contributed by atoms with van der Waals surface area (Å²) in [6, 6.07) is 10.5. The molecule has 0 amide bonds. The fourth-order valence-corrected chi connectivity index (χ4v) is 1.42. The first-order valence-electron chi connectivity index (χ1n) is 4.78. The lowest BCUT2D eigenvalue weighted by Crippen LogP contribution is -2.06. The fourth-order valence-electron chi connectivity index (χ4n) is 1.42. The third kappa shape index (κ3) is 2.36. The summed E-state index contributed by atoms with van der Waals surface area (Å²) in [6.07, 6.45) is 11.1. The number of rotatable bonds is 2. The van der Waals surface area contributed by atoms with Crippen LogP contribution in [0.2, 0.25) is 0 Å². The molecule has 1 heteroatoms. The number of hydrogen-bond donors (Lipinski definition) is 1. The summed E-state index contributed by atoms with van der Waals surface area (Å²) in [5.41, 5.74) is 2.55. The van der Waals surface area contributed by atoms with E-state index >= 15 is 0 Å². The van der Waals surface area contributed by atoms with Crippen LogP contribution in [0.15, 0.2) is 66.5 Å². The molecular weight excluding hydrogens is 170 g/mol. The monoisotopic (exact) mass is 183 g/mol. The zero-order valence-corrected chi connectivity index (χ0v) is 7.98. The summed E-state index contributed by atoms with van der Waals surface area (Å²) >= 11 is 0. The van der Waals surface area contributed by atoms with Crippen LogP contribution in [0.25, 0.3) is 0 Å². The van der Waals surface area contributed by atoms with Crippen molar-refractivity contribution < 1.29 is 0 Å². The molecule has 0 saturated heterocycles. The molecule has 2 rings (SSSR count). The molecule has 1 aliphatic heterocycles. The second kappa shape index (κ2) is 4.47. The van der Waals surface area contributed by atoms with E-state index in [4.69, 9.17) is 0 Å². The third-order valence-corrected chi connectivity index (χ3v) is 2.12. The molecule has 14 heavy (non-hydrogen) atoms. The first kappa shape index (κ1) is 8.82. The second-order valence-corrected chi connectivity index (χ2v) is 3.24. The van der Waals surface area contributed by atoms with Gasteiger partial charge in [0, 0.05) is 18.3 Å². The third-order valence-electron chi connectivity index (χ3n) is 2.12. The maximum absolute atomic E-state index is 3.25. The van der Waals surface area contributed by atoms with Crippen LogP contribution in [0.3, 0.4) is 0 Å². The molecule has 70 valence electrons. The predicted molar refractivity (Wildman–Crippen MR) is 59.6 cm³/mol. The van der Waals surface area contributed by atoms with Gasteiger partial charge in [0.05, 0.1) is 0 Å². The Kier molecular flexibility index (Phi) is 2.82. The summed E-state index contributed by atoms with van der Waals surface area (Å²) < 4.78 is 0. The highest BCUT2D eigenvalue weighted by atomic mass is 14.8. The van der Waals surface area contributed by atoms with Crippen molar-refractivity contribution in [2.75, 3.05) is 0 Å². The zero-order chi connectivity index (χ0) is 9.64. The first-order valence-corrected chi connectivity index (χ1v) is 4.78. The largest absolute Gasteiger partial charge is 0.365 e. The average molecular weight is 183 g/mol. The van der Waals surface area contributed by atoms with E-state index in [9.17, 15) is 0 Å². The minimum Gasteiger partial charge on any atom is -0.365 e. The molecule has 1 aromatic rings. The predicted octanol–water partition coefficient (Wildman–Crippen LogP) is 2.79. The number of hydrogen-bond acceptors (Lipinski definition) is 1. The van der Waals surface area contributed by atoms with Crippen LogP contribution in [-0.2, 0) is 6.42 Å². The highest BCUT2D eigenvalue weighted by Crippen LogP contribution is 2.06. The lowest BCUT2D eigenvalue weighted by Gasteiger charge is -2.05. The maximum Gasteiger partial charge on any atom is 0.0191 e. The van der Waals surface area contributed by atoms with E-state index in [1.807, 2.05) is 24.4 Å². The van der Waals surface area contributed by atoms with E-state index in [0.717, 1.165) is 6.42 Å². The Morgan fingerprint density at radius 3 is 2.64 bits per heavy atom. The van der Waals surface area contributed by atoms with Crippen LogP contribution in [0.1, 0.15) is 5.56 Å². The molecule has 1 N–H and O–H groups in total. The summed E-state index contributed by atoms with van der Waals surface area (Å²) in [7, 11) is 0. The standard InChI is InChI=1S/C13H13N/c1-3-7-12(8-4-1)11-13-9-5-2-6-10-14-13/h1-10,14H,11H2. The lowest BCUT2D eigenvalue weighted by molar-refractivity contribution is 0.972. The van der Waals surface area contributed by atoms with Crippen LogP contribution in [0.4, 0.5) is 0 Å². The normalized spacial score (nSPS) is 14.4. The van der Waals surface area contributed by atoms with Gasteiger partial charge in [-0.1, -0.05) is 42.5 Å². The van der Waals surface area contributed by atoms with E-state index in [-0.39, 0.29) is 0 Å². The van der Waals surface area contributed by atoms with Gasteiger partial charge in [0.1, 0.15) is 0 Å². The summed E-state index contributed by atoms with van der Waals surface area (Å²) in [6.45, 7) is 0. The highest BCUT2D eigenvalue weighted by Gasteiger charge is 1.96. The lowest BCUT2D eigenvalue weighted by atomic mass is 10.1. The molecule has 0 spiro atoms. The van der Waals surface area contributed by atoms with E-state index < -0.39 is 0 Å². The van der Waals surface area contributed by atoms with Gasteiger partial charge < -0.3 is 5.32 Å². The van der Waals surface area contributed by atoms with Crippen LogP contribution in [-0.4, -0.2) is 0 Å². The van der Waals surface area contributed by atoms with Crippen LogP contribution < -0.4 is 5.32 Å². The number of benzene rings is 1. The smallest absolute Gasteiger partial charge is 0.0191 e. The van der Waals surface area contributed by atoms with Gasteiger partial charge in [0.15, 0.2) is 0 Å². The molecule has 0 radical (unpaired) electrons. The SMILES string of the molecule is C1=CC=C(Cc2ccccc2)NC=C1. The summed E-state index contributed by atoms with van der Waals surface area (Å²) in [4.78, 5) is 0. The van der Waals surface area contributed by atoms with E-state index in [1.54, 1.807) is 0 Å². The quantitative estimate of drug-likeness (QED) is 0.743. The first-order chi connectivity index (χ1) is 6.95. The molecule has 0 bridgehead atoms. The van der Waals surface area contributed by atoms with Crippen LogP contribution in [0.5, 0.6) is 0 Å². The molecule has 1 heterocycles. The fraction of sp³-hybridized carbons (Fsp3) is 0.0769. The highest BCUT2D eigenvalue weighted by molar-refractivity contribution is 5.27. The van der Waals surface area contributed by atoms with Crippen molar-refractivity contribution in [3.05, 3.63) is 72.1 Å². The van der Waals surface area contributed by atoms with Crippen molar-refractivity contribution in [1.82, 2.24) is 5.32 Å². The average Bonchev–Trinajstić information content (AvgIpc) is 2.48. The molecule has 0 saturated carbocycles. The van der Waals surface area contributed by atoms with Crippen LogP contribution >= 0.6 is 0 Å². The van der Waals surface area contributed by atoms with Crippen LogP contribution in [0, 0.1) is 0 Å². The zero-order valence-electron chi connectivity index (χ0n) is 7.98. The van der Waals surface area contributed by atoms with Gasteiger partial charge in [-0.25, -0.2) is 0 Å². The van der Waals surface area contributed by atoms with Gasteiger partial charge in [-0.05, 0) is 17.7 Å². The molecule has 1 nitrogen and oxygen atoms in total. The Morgan fingerprint density at radius 2 is 1.79 bits per heavy atom. The van der Waals surface area contributed by atoms with E-state index in [1.165, 1.54) is 11.3 Å². The van der Waals surface area contributed by atoms with Gasteiger partial charge in [0.25, 0.3) is 0 Å². The Labute approximate surface area is 84.5 Å². The van der Waals surface area contributed by atoms with Gasteiger partial charge in [-0.2, -0.15) is 0 Å². The second-order valence-electron chi connectivity index (χ2n) is 3.24. The van der Waals surface area contributed by atoms with Crippen molar-refractivity contribution in [1.29, 1.82) is 0 Å². The molecule has 0 aromatic heterocycles. The van der Waals surface area contributed by atoms with Crippen molar-refractivity contribution in [2.24, 2.45) is 0 Å². The van der Waals surface area contributed by atoms with Gasteiger partial charge >= 0.3 is 0 Å². The molecular formula is C13H13N. The Morgan fingerprint density at radius 1 is 0.929 bits per heavy atom. The summed E-state index contributed by atoms with van der Waals surface area (Å²) in [5, 5.41) is 3.25. The molecule has 0 unspecified atom stereocenters. The molecule has 0 fully saturated rings. The molecule has 0 aliphatic carbocycles.